The number of nitro groups is 1. The van der Waals surface area contributed by atoms with Crippen molar-refractivity contribution in [3.63, 3.8) is 0 Å². The largest absolute Gasteiger partial charge is 0.335 e. The van der Waals surface area contributed by atoms with Gasteiger partial charge in [0.15, 0.2) is 4.90 Å². The van der Waals surface area contributed by atoms with Gasteiger partial charge in [-0.25, -0.2) is 13.4 Å². The van der Waals surface area contributed by atoms with Crippen LogP contribution in [0.25, 0.3) is 0 Å². The fraction of sp³-hybridized carbons (Fsp3) is 0.412. The number of carbonyl (C=O) groups is 1. The molecule has 150 valence electrons. The molecule has 2 aromatic rings. The second kappa shape index (κ2) is 7.94. The number of amides is 1. The second-order valence-corrected chi connectivity index (χ2v) is 9.29. The summed E-state index contributed by atoms with van der Waals surface area (Å²) < 4.78 is 26.9. The molecule has 1 aliphatic rings. The van der Waals surface area contributed by atoms with Crippen molar-refractivity contribution in [2.24, 2.45) is 0 Å². The topological polar surface area (TPSA) is 114 Å². The first-order valence-electron chi connectivity index (χ1n) is 8.74. The monoisotopic (exact) mass is 424 g/mol. The minimum Gasteiger partial charge on any atom is -0.335 e. The van der Waals surface area contributed by atoms with Gasteiger partial charge in [0.2, 0.25) is 10.0 Å². The minimum absolute atomic E-state index is 0.0820. The zero-order chi connectivity index (χ0) is 20.5. The van der Waals surface area contributed by atoms with Crippen molar-refractivity contribution in [2.45, 2.75) is 25.2 Å². The van der Waals surface area contributed by atoms with Crippen LogP contribution in [0.2, 0.25) is 0 Å². The van der Waals surface area contributed by atoms with E-state index in [1.807, 2.05) is 6.92 Å². The Bertz CT molecular complexity index is 1010. The molecule has 1 aromatic carbocycles. The molecule has 0 N–H and O–H groups in total. The van der Waals surface area contributed by atoms with Crippen molar-refractivity contribution < 1.29 is 18.1 Å². The highest BCUT2D eigenvalue weighted by Gasteiger charge is 2.35. The third kappa shape index (κ3) is 3.77. The maximum atomic E-state index is 12.9. The van der Waals surface area contributed by atoms with Crippen LogP contribution in [0.1, 0.15) is 27.3 Å². The molecule has 1 aromatic heterocycles. The summed E-state index contributed by atoms with van der Waals surface area (Å²) in [5.41, 5.74) is 0.232. The van der Waals surface area contributed by atoms with E-state index < -0.39 is 20.6 Å². The Labute approximate surface area is 166 Å². The first-order valence-corrected chi connectivity index (χ1v) is 11.0. The number of nitrogens with zero attached hydrogens (tertiary/aromatic N) is 4. The molecule has 0 bridgehead atoms. The Morgan fingerprint density at radius 2 is 1.89 bits per heavy atom. The van der Waals surface area contributed by atoms with E-state index in [9.17, 15) is 23.3 Å². The maximum absolute atomic E-state index is 12.9. The van der Waals surface area contributed by atoms with Crippen LogP contribution in [0.3, 0.4) is 0 Å². The number of rotatable bonds is 5. The molecule has 1 amide bonds. The van der Waals surface area contributed by atoms with E-state index in [0.717, 1.165) is 11.4 Å². The number of hydrogen-bond acceptors (Lipinski definition) is 7. The number of thiazole rings is 1. The standard InChI is InChI=1S/C17H20N4O5S2/c1-3-15-18-12(2)16(27-15)17(22)19-8-10-20(11-9-19)28(25,26)14-7-5-4-6-13(14)21(23)24/h4-7H,3,8-11H2,1-2H3. The number of hydrogen-bond donors (Lipinski definition) is 0. The lowest BCUT2D eigenvalue weighted by Crippen LogP contribution is -2.50. The van der Waals surface area contributed by atoms with Crippen LogP contribution in [0.5, 0.6) is 0 Å². The molecule has 28 heavy (non-hydrogen) atoms. The highest BCUT2D eigenvalue weighted by atomic mass is 32.2. The van der Waals surface area contributed by atoms with E-state index in [1.54, 1.807) is 11.8 Å². The lowest BCUT2D eigenvalue weighted by Gasteiger charge is -2.33. The first-order chi connectivity index (χ1) is 13.3. The summed E-state index contributed by atoms with van der Waals surface area (Å²) in [7, 11) is -4.02. The second-order valence-electron chi connectivity index (χ2n) is 6.30. The predicted octanol–water partition coefficient (Wildman–Crippen LogP) is 2.07. The molecule has 9 nitrogen and oxygen atoms in total. The van der Waals surface area contributed by atoms with E-state index in [1.165, 1.54) is 39.9 Å². The first kappa shape index (κ1) is 20.4. The molecule has 2 heterocycles. The molecule has 0 unspecified atom stereocenters. The summed E-state index contributed by atoms with van der Waals surface area (Å²) in [6.07, 6.45) is 0.751. The molecule has 11 heteroatoms. The number of aromatic nitrogens is 1. The molecule has 0 spiro atoms. The van der Waals surface area contributed by atoms with Crippen LogP contribution in [0.15, 0.2) is 29.2 Å². The van der Waals surface area contributed by atoms with E-state index in [4.69, 9.17) is 0 Å². The molecule has 0 atom stereocenters. The molecule has 0 saturated carbocycles. The van der Waals surface area contributed by atoms with E-state index in [-0.39, 0.29) is 37.0 Å². The zero-order valence-corrected chi connectivity index (χ0v) is 17.1. The number of sulfonamides is 1. The van der Waals surface area contributed by atoms with Crippen molar-refractivity contribution in [3.8, 4) is 0 Å². The molecule has 3 rings (SSSR count). The van der Waals surface area contributed by atoms with Crippen molar-refractivity contribution in [1.29, 1.82) is 0 Å². The van der Waals surface area contributed by atoms with Gasteiger partial charge in [0, 0.05) is 32.2 Å². The SMILES string of the molecule is CCc1nc(C)c(C(=O)N2CCN(S(=O)(=O)c3ccccc3[N+](=O)[O-])CC2)s1. The quantitative estimate of drug-likeness (QED) is 0.536. The van der Waals surface area contributed by atoms with Gasteiger partial charge in [0.25, 0.3) is 11.6 Å². The van der Waals surface area contributed by atoms with Gasteiger partial charge in [0.1, 0.15) is 4.88 Å². The van der Waals surface area contributed by atoms with Crippen LogP contribution < -0.4 is 0 Å². The number of nitro benzene ring substituents is 1. The minimum atomic E-state index is -4.02. The lowest BCUT2D eigenvalue weighted by atomic mass is 10.3. The fourth-order valence-electron chi connectivity index (χ4n) is 3.04. The summed E-state index contributed by atoms with van der Waals surface area (Å²) >= 11 is 1.36. The number of carbonyl (C=O) groups excluding carboxylic acids is 1. The number of para-hydroxylation sites is 1. The fourth-order valence-corrected chi connectivity index (χ4v) is 5.59. The average molecular weight is 425 g/mol. The molecule has 1 aliphatic heterocycles. The summed E-state index contributed by atoms with van der Waals surface area (Å²) in [5.74, 6) is -0.155. The average Bonchev–Trinajstić information content (AvgIpc) is 3.08. The third-order valence-corrected chi connectivity index (χ3v) is 7.78. The highest BCUT2D eigenvalue weighted by Crippen LogP contribution is 2.27. The van der Waals surface area contributed by atoms with Crippen molar-refractivity contribution in [1.82, 2.24) is 14.2 Å². The summed E-state index contributed by atoms with van der Waals surface area (Å²) in [5, 5.41) is 12.1. The van der Waals surface area contributed by atoms with Gasteiger partial charge >= 0.3 is 0 Å². The Kier molecular flexibility index (Phi) is 5.77. The van der Waals surface area contributed by atoms with E-state index in [2.05, 4.69) is 4.98 Å². The molecular weight excluding hydrogens is 404 g/mol. The van der Waals surface area contributed by atoms with Gasteiger partial charge in [0.05, 0.1) is 15.6 Å². The van der Waals surface area contributed by atoms with Crippen LogP contribution >= 0.6 is 11.3 Å². The van der Waals surface area contributed by atoms with Gasteiger partial charge < -0.3 is 4.90 Å². The summed E-state index contributed by atoms with van der Waals surface area (Å²) in [4.78, 5) is 29.4. The summed E-state index contributed by atoms with van der Waals surface area (Å²) in [6, 6.07) is 5.29. The van der Waals surface area contributed by atoms with Crippen LogP contribution in [0, 0.1) is 17.0 Å². The van der Waals surface area contributed by atoms with E-state index >= 15 is 0 Å². The summed E-state index contributed by atoms with van der Waals surface area (Å²) in [6.45, 7) is 4.36. The Morgan fingerprint density at radius 1 is 1.25 bits per heavy atom. The van der Waals surface area contributed by atoms with Crippen LogP contribution in [-0.2, 0) is 16.4 Å². The predicted molar refractivity (Wildman–Crippen MR) is 104 cm³/mol. The molecule has 1 saturated heterocycles. The zero-order valence-electron chi connectivity index (χ0n) is 15.5. The lowest BCUT2D eigenvalue weighted by molar-refractivity contribution is -0.387. The normalized spacial score (nSPS) is 15.6. The van der Waals surface area contributed by atoms with Crippen molar-refractivity contribution in [3.05, 3.63) is 50.0 Å². The van der Waals surface area contributed by atoms with Crippen LogP contribution in [-0.4, -0.2) is 59.6 Å². The van der Waals surface area contributed by atoms with Crippen molar-refractivity contribution >= 4 is 33.0 Å². The van der Waals surface area contributed by atoms with E-state index in [0.29, 0.717) is 10.6 Å². The van der Waals surface area contributed by atoms with Gasteiger partial charge in [-0.15, -0.1) is 11.3 Å². The molecule has 0 radical (unpaired) electrons. The number of benzene rings is 1. The van der Waals surface area contributed by atoms with Gasteiger partial charge in [-0.2, -0.15) is 4.31 Å². The number of piperazine rings is 1. The number of aryl methyl sites for hydroxylation is 2. The smallest absolute Gasteiger partial charge is 0.289 e. The Hall–Kier alpha value is -2.37. The Balaban J connectivity index is 1.75. The Morgan fingerprint density at radius 3 is 2.46 bits per heavy atom. The molecular formula is C17H20N4O5S2. The van der Waals surface area contributed by atoms with Gasteiger partial charge in [-0.05, 0) is 19.4 Å². The molecule has 0 aliphatic carbocycles. The third-order valence-electron chi connectivity index (χ3n) is 4.54. The van der Waals surface area contributed by atoms with Gasteiger partial charge in [-0.3, -0.25) is 14.9 Å². The van der Waals surface area contributed by atoms with Crippen molar-refractivity contribution in [2.75, 3.05) is 26.2 Å². The van der Waals surface area contributed by atoms with Gasteiger partial charge in [-0.1, -0.05) is 19.1 Å². The maximum Gasteiger partial charge on any atom is 0.289 e. The molecule has 1 fully saturated rings. The highest BCUT2D eigenvalue weighted by molar-refractivity contribution is 7.89. The van der Waals surface area contributed by atoms with Crippen LogP contribution in [0.4, 0.5) is 5.69 Å².